The number of esters is 1. The second-order valence-corrected chi connectivity index (χ2v) is 7.73. The molecule has 1 aliphatic heterocycles. The fraction of sp³-hybridized carbons (Fsp3) is 0.318. The van der Waals surface area contributed by atoms with Crippen LogP contribution in [0.1, 0.15) is 39.7 Å². The van der Waals surface area contributed by atoms with E-state index in [0.29, 0.717) is 16.9 Å². The first-order valence-electron chi connectivity index (χ1n) is 9.25. The summed E-state index contributed by atoms with van der Waals surface area (Å²) < 4.78 is 5.22. The third-order valence-electron chi connectivity index (χ3n) is 4.36. The van der Waals surface area contributed by atoms with E-state index < -0.39 is 30.1 Å². The summed E-state index contributed by atoms with van der Waals surface area (Å²) in [4.78, 5) is 36.6. The van der Waals surface area contributed by atoms with Crippen molar-refractivity contribution in [1.29, 1.82) is 0 Å². The van der Waals surface area contributed by atoms with E-state index in [2.05, 4.69) is 0 Å². The molecule has 0 atom stereocenters. The highest BCUT2D eigenvalue weighted by atomic mass is 16.6. The summed E-state index contributed by atoms with van der Waals surface area (Å²) >= 11 is 0. The van der Waals surface area contributed by atoms with Crippen molar-refractivity contribution in [3.8, 4) is 0 Å². The van der Waals surface area contributed by atoms with E-state index in [0.717, 1.165) is 0 Å². The molecule has 2 rings (SSSR count). The van der Waals surface area contributed by atoms with Gasteiger partial charge in [-0.15, -0.1) is 0 Å². The zero-order valence-electron chi connectivity index (χ0n) is 17.3. The van der Waals surface area contributed by atoms with Crippen LogP contribution in [0.15, 0.2) is 52.9 Å². The number of allylic oxidation sites excluding steroid dienone is 1. The van der Waals surface area contributed by atoms with E-state index in [1.807, 2.05) is 0 Å². The standard InChI is InChI=1S/C22H25NO7/c1-13-16(20(26)27)11-17(21(28)29)18(12-24)23(13)15-7-5-6-14(10-15)8-9-19(25)30-22(2,3)4/h5-10,24H,11-12H2,1-4H3,(H,26,27)(H,28,29). The zero-order chi connectivity index (χ0) is 22.6. The zero-order valence-corrected chi connectivity index (χ0v) is 17.3. The van der Waals surface area contributed by atoms with E-state index in [1.54, 1.807) is 58.0 Å². The number of aliphatic hydroxyl groups excluding tert-OH is 1. The van der Waals surface area contributed by atoms with Gasteiger partial charge in [-0.2, -0.15) is 0 Å². The molecular weight excluding hydrogens is 390 g/mol. The third kappa shape index (κ3) is 5.36. The number of nitrogens with zero attached hydrogens (tertiary/aromatic N) is 1. The molecule has 1 aliphatic rings. The second kappa shape index (κ2) is 8.96. The van der Waals surface area contributed by atoms with Gasteiger partial charge in [0, 0.05) is 23.9 Å². The Labute approximate surface area is 174 Å². The lowest BCUT2D eigenvalue weighted by atomic mass is 9.95. The van der Waals surface area contributed by atoms with Crippen molar-refractivity contribution < 1.29 is 34.4 Å². The maximum absolute atomic E-state index is 11.9. The van der Waals surface area contributed by atoms with Gasteiger partial charge >= 0.3 is 17.9 Å². The Morgan fingerprint density at radius 3 is 2.30 bits per heavy atom. The number of carboxylic acids is 2. The Bertz CT molecular complexity index is 964. The second-order valence-electron chi connectivity index (χ2n) is 7.73. The normalized spacial score (nSPS) is 15.0. The summed E-state index contributed by atoms with van der Waals surface area (Å²) in [6.07, 6.45) is 2.53. The van der Waals surface area contributed by atoms with Crippen molar-refractivity contribution >= 4 is 29.7 Å². The lowest BCUT2D eigenvalue weighted by molar-refractivity contribution is -0.148. The molecule has 8 heteroatoms. The number of rotatable bonds is 6. The number of aliphatic carboxylic acids is 2. The summed E-state index contributed by atoms with van der Waals surface area (Å²) in [5.41, 5.74) is 0.598. The number of carboxylic acid groups (broad SMARTS) is 2. The van der Waals surface area contributed by atoms with Crippen LogP contribution in [-0.4, -0.2) is 45.4 Å². The highest BCUT2D eigenvalue weighted by Crippen LogP contribution is 2.35. The van der Waals surface area contributed by atoms with Gasteiger partial charge in [0.25, 0.3) is 0 Å². The number of aliphatic hydroxyl groups is 1. The third-order valence-corrected chi connectivity index (χ3v) is 4.36. The lowest BCUT2D eigenvalue weighted by Crippen LogP contribution is -2.32. The minimum absolute atomic E-state index is 0.0701. The number of benzene rings is 1. The predicted molar refractivity (Wildman–Crippen MR) is 111 cm³/mol. The monoisotopic (exact) mass is 415 g/mol. The molecule has 1 aromatic rings. The molecule has 0 saturated heterocycles. The first-order valence-corrected chi connectivity index (χ1v) is 9.25. The van der Waals surface area contributed by atoms with E-state index in [1.165, 1.54) is 11.0 Å². The molecule has 0 unspecified atom stereocenters. The van der Waals surface area contributed by atoms with E-state index in [4.69, 9.17) is 4.74 Å². The molecule has 0 fully saturated rings. The van der Waals surface area contributed by atoms with Crippen LogP contribution in [0, 0.1) is 0 Å². The van der Waals surface area contributed by atoms with Gasteiger partial charge in [0.2, 0.25) is 0 Å². The fourth-order valence-corrected chi connectivity index (χ4v) is 3.09. The summed E-state index contributed by atoms with van der Waals surface area (Å²) in [7, 11) is 0. The number of carbonyl (C=O) groups is 3. The Balaban J connectivity index is 2.48. The molecule has 0 spiro atoms. The molecule has 0 bridgehead atoms. The maximum atomic E-state index is 11.9. The molecule has 0 radical (unpaired) electrons. The van der Waals surface area contributed by atoms with Crippen LogP contribution in [0.25, 0.3) is 6.08 Å². The molecule has 8 nitrogen and oxygen atoms in total. The topological polar surface area (TPSA) is 124 Å². The molecule has 160 valence electrons. The average Bonchev–Trinajstić information content (AvgIpc) is 2.64. The summed E-state index contributed by atoms with van der Waals surface area (Å²) in [6.45, 7) is 6.25. The SMILES string of the molecule is CC1=C(C(=O)O)CC(C(=O)O)=C(CO)N1c1cccc(C=CC(=O)OC(C)(C)C)c1. The molecule has 1 aromatic carbocycles. The van der Waals surface area contributed by atoms with Gasteiger partial charge in [-0.25, -0.2) is 14.4 Å². The molecule has 0 aliphatic carbocycles. The van der Waals surface area contributed by atoms with E-state index in [9.17, 15) is 29.7 Å². The van der Waals surface area contributed by atoms with Crippen molar-refractivity contribution in [2.24, 2.45) is 0 Å². The fourth-order valence-electron chi connectivity index (χ4n) is 3.09. The van der Waals surface area contributed by atoms with Crippen molar-refractivity contribution in [3.05, 3.63) is 58.4 Å². The van der Waals surface area contributed by atoms with Gasteiger partial charge in [0.1, 0.15) is 5.60 Å². The van der Waals surface area contributed by atoms with Crippen molar-refractivity contribution in [2.45, 2.75) is 39.7 Å². The van der Waals surface area contributed by atoms with Crippen LogP contribution in [0.3, 0.4) is 0 Å². The number of ether oxygens (including phenoxy) is 1. The number of carbonyl (C=O) groups excluding carboxylic acids is 1. The Morgan fingerprint density at radius 1 is 1.13 bits per heavy atom. The molecule has 0 amide bonds. The van der Waals surface area contributed by atoms with E-state index >= 15 is 0 Å². The van der Waals surface area contributed by atoms with E-state index in [-0.39, 0.29) is 23.3 Å². The van der Waals surface area contributed by atoms with Gasteiger partial charge in [-0.05, 0) is 51.5 Å². The Kier molecular flexibility index (Phi) is 6.84. The number of anilines is 1. The number of hydrogen-bond acceptors (Lipinski definition) is 6. The first-order chi connectivity index (χ1) is 13.9. The van der Waals surface area contributed by atoms with Crippen LogP contribution >= 0.6 is 0 Å². The van der Waals surface area contributed by atoms with Crippen molar-refractivity contribution in [2.75, 3.05) is 11.5 Å². The van der Waals surface area contributed by atoms with Crippen molar-refractivity contribution in [3.63, 3.8) is 0 Å². The molecular formula is C22H25NO7. The Morgan fingerprint density at radius 2 is 1.77 bits per heavy atom. The first kappa shape index (κ1) is 22.9. The quantitative estimate of drug-likeness (QED) is 0.478. The molecule has 1 heterocycles. The summed E-state index contributed by atoms with van der Waals surface area (Å²) in [5, 5.41) is 28.8. The van der Waals surface area contributed by atoms with Crippen LogP contribution < -0.4 is 4.90 Å². The maximum Gasteiger partial charge on any atom is 0.333 e. The lowest BCUT2D eigenvalue weighted by Gasteiger charge is -2.33. The van der Waals surface area contributed by atoms with Crippen LogP contribution in [0.4, 0.5) is 5.69 Å². The smallest absolute Gasteiger partial charge is 0.333 e. The summed E-state index contributed by atoms with van der Waals surface area (Å²) in [5.74, 6) is -3.04. The summed E-state index contributed by atoms with van der Waals surface area (Å²) in [6, 6.07) is 6.73. The molecule has 3 N–H and O–H groups in total. The highest BCUT2D eigenvalue weighted by Gasteiger charge is 2.32. The Hall–Kier alpha value is -3.39. The average molecular weight is 415 g/mol. The number of hydrogen-bond donors (Lipinski definition) is 3. The molecule has 0 aromatic heterocycles. The van der Waals surface area contributed by atoms with Gasteiger partial charge in [0.15, 0.2) is 0 Å². The largest absolute Gasteiger partial charge is 0.478 e. The minimum atomic E-state index is -1.30. The van der Waals surface area contributed by atoms with Crippen molar-refractivity contribution in [1.82, 2.24) is 0 Å². The molecule has 30 heavy (non-hydrogen) atoms. The highest BCUT2D eigenvalue weighted by molar-refractivity contribution is 5.97. The van der Waals surface area contributed by atoms with Gasteiger partial charge in [-0.3, -0.25) is 0 Å². The molecule has 0 saturated carbocycles. The van der Waals surface area contributed by atoms with Crippen LogP contribution in [0.5, 0.6) is 0 Å². The van der Waals surface area contributed by atoms with Crippen LogP contribution in [0.2, 0.25) is 0 Å². The van der Waals surface area contributed by atoms with Gasteiger partial charge < -0.3 is 25.0 Å². The minimum Gasteiger partial charge on any atom is -0.478 e. The predicted octanol–water partition coefficient (Wildman–Crippen LogP) is 2.94. The van der Waals surface area contributed by atoms with Gasteiger partial charge in [-0.1, -0.05) is 12.1 Å². The van der Waals surface area contributed by atoms with Gasteiger partial charge in [0.05, 0.1) is 23.5 Å². The van der Waals surface area contributed by atoms with Crippen LogP contribution in [-0.2, 0) is 19.1 Å².